The zero-order valence-electron chi connectivity index (χ0n) is 28.4. The van der Waals surface area contributed by atoms with Crippen molar-refractivity contribution in [1.29, 1.82) is 10.5 Å². The molecule has 0 saturated carbocycles. The molecule has 0 spiro atoms. The van der Waals surface area contributed by atoms with Crippen LogP contribution >= 0.6 is 0 Å². The predicted molar refractivity (Wildman–Crippen MR) is 185 cm³/mol. The van der Waals surface area contributed by atoms with Gasteiger partial charge < -0.3 is 20.8 Å². The second-order valence-electron chi connectivity index (χ2n) is 10.1. The number of amides is 2. The summed E-state index contributed by atoms with van der Waals surface area (Å²) in [5, 5.41) is 44.5. The van der Waals surface area contributed by atoms with Gasteiger partial charge in [-0.2, -0.15) is 10.5 Å². The maximum atomic E-state index is 12.5. The number of hydrogen-bond donors (Lipinski definition) is 2. The van der Waals surface area contributed by atoms with E-state index in [-0.39, 0.29) is 52.0 Å². The van der Waals surface area contributed by atoms with Gasteiger partial charge in [0.2, 0.25) is 0 Å². The summed E-state index contributed by atoms with van der Waals surface area (Å²) < 4.78 is 51.3. The minimum Gasteiger partial charge on any atom is -0.870 e. The molecule has 4 aromatic rings. The van der Waals surface area contributed by atoms with E-state index >= 15 is 0 Å². The van der Waals surface area contributed by atoms with Gasteiger partial charge in [-0.05, 0) is 47.5 Å². The summed E-state index contributed by atoms with van der Waals surface area (Å²) in [4.78, 5) is 32.4. The molecule has 16 nitrogen and oxygen atoms in total. The number of nitrogens with zero attached hydrogens (tertiary/aromatic N) is 6. The van der Waals surface area contributed by atoms with Crippen LogP contribution in [0.1, 0.15) is 25.0 Å². The molecule has 19 heteroatoms. The minimum absolute atomic E-state index is 0. The maximum absolute atomic E-state index is 12.5. The number of nitriles is 2. The van der Waals surface area contributed by atoms with Crippen LogP contribution in [0.4, 0.5) is 11.6 Å². The van der Waals surface area contributed by atoms with E-state index in [1.54, 1.807) is 48.5 Å². The Morgan fingerprint density at radius 2 is 0.925 bits per heavy atom. The van der Waals surface area contributed by atoms with Gasteiger partial charge in [0.15, 0.2) is 0 Å². The largest absolute Gasteiger partial charge is 2.00 e. The van der Waals surface area contributed by atoms with Crippen molar-refractivity contribution in [3.63, 3.8) is 0 Å². The Hall–Kier alpha value is -6.14. The first-order valence-electron chi connectivity index (χ1n) is 14.7. The van der Waals surface area contributed by atoms with Crippen LogP contribution < -0.4 is 20.8 Å². The van der Waals surface area contributed by atoms with Crippen molar-refractivity contribution < 1.29 is 56.1 Å². The fraction of sp³-hybridized carbons (Fsp3) is 0.118. The molecule has 0 bridgehead atoms. The molecule has 0 saturated heterocycles. The Bertz CT molecular complexity index is 2160. The van der Waals surface area contributed by atoms with Crippen molar-refractivity contribution >= 4 is 55.0 Å². The van der Waals surface area contributed by atoms with Gasteiger partial charge >= 0.3 is 19.5 Å². The number of carbonyl (C=O) groups excluding carboxylic acids is 2. The molecule has 274 valence electrons. The molecule has 0 fully saturated rings. The molecular weight excluding hydrogens is 814 g/mol. The molecule has 2 aromatic heterocycles. The number of anilines is 2. The van der Waals surface area contributed by atoms with Gasteiger partial charge in [-0.3, -0.25) is 18.2 Å². The van der Waals surface area contributed by atoms with E-state index < -0.39 is 54.8 Å². The van der Waals surface area contributed by atoms with E-state index in [0.29, 0.717) is 8.61 Å². The van der Waals surface area contributed by atoms with E-state index in [4.69, 9.17) is 10.5 Å². The van der Waals surface area contributed by atoms with Gasteiger partial charge in [-0.1, -0.05) is 60.0 Å². The average Bonchev–Trinajstić information content (AvgIpc) is 3.12. The molecule has 0 radical (unpaired) electrons. The second-order valence-corrected chi connectivity index (χ2v) is 14.0. The first-order valence-corrected chi connectivity index (χ1v) is 17.6. The molecule has 2 aromatic carbocycles. The summed E-state index contributed by atoms with van der Waals surface area (Å²) in [5.41, 5.74) is -0.961. The number of aromatic nitrogens is 2. The molecule has 53 heavy (non-hydrogen) atoms. The van der Waals surface area contributed by atoms with Gasteiger partial charge in [0.05, 0.1) is 21.9 Å². The first-order chi connectivity index (χ1) is 24.7. The predicted octanol–water partition coefficient (Wildman–Crippen LogP) is 1.82. The SMILES string of the molecule is CC#N.CC#N.CN1C(C(=O)Nc2ccccn2)=C([O-])c2ccccc2S1(=O)=O.CN1C(C(=O)Nc2ccccn2)=C([O-])c2ccccc2S1(=O)=O.[Ru+2]. The van der Waals surface area contributed by atoms with E-state index in [1.165, 1.54) is 88.9 Å². The van der Waals surface area contributed by atoms with Gasteiger partial charge in [0.25, 0.3) is 31.9 Å². The standard InChI is InChI=1S/2C15H13N3O4S.2C2H3N.Ru/c2*1-18-13(15(20)17-12-8-4-5-9-16-12)14(19)10-6-2-3-7-11(10)23(18,21)22;2*1-2-3;/h2*2-9,19H,1H3,(H,16,17,20);2*1H3;/q;;;;+2/p-2. The van der Waals surface area contributed by atoms with E-state index in [1.807, 2.05) is 0 Å². The third-order valence-electron chi connectivity index (χ3n) is 6.84. The Morgan fingerprint density at radius 1 is 0.623 bits per heavy atom. The topological polar surface area (TPSA) is 252 Å². The van der Waals surface area contributed by atoms with Crippen LogP contribution in [-0.2, 0) is 49.1 Å². The van der Waals surface area contributed by atoms with Crippen LogP contribution in [0.2, 0.25) is 0 Å². The summed E-state index contributed by atoms with van der Waals surface area (Å²) in [6.45, 7) is 2.86. The number of hydrogen-bond acceptors (Lipinski definition) is 12. The van der Waals surface area contributed by atoms with Crippen LogP contribution in [0.3, 0.4) is 0 Å². The Labute approximate surface area is 319 Å². The Morgan fingerprint density at radius 3 is 1.23 bits per heavy atom. The molecule has 2 aliphatic rings. The van der Waals surface area contributed by atoms with E-state index in [9.17, 15) is 36.6 Å². The van der Waals surface area contributed by atoms with Gasteiger partial charge in [0, 0.05) is 40.3 Å². The smallest absolute Gasteiger partial charge is 0.870 e. The molecular formula is C34H30N8O8RuS2. The summed E-state index contributed by atoms with van der Waals surface area (Å²) in [6.07, 6.45) is 2.94. The van der Waals surface area contributed by atoms with E-state index in [0.717, 1.165) is 0 Å². The van der Waals surface area contributed by atoms with Crippen LogP contribution in [0, 0.1) is 22.7 Å². The number of fused-ring (bicyclic) bond motifs is 2. The number of benzene rings is 2. The van der Waals surface area contributed by atoms with Crippen LogP contribution in [0.25, 0.3) is 11.5 Å². The minimum atomic E-state index is -3.95. The monoisotopic (exact) mass is 844 g/mol. The van der Waals surface area contributed by atoms with Gasteiger partial charge in [-0.25, -0.2) is 26.8 Å². The fourth-order valence-electron chi connectivity index (χ4n) is 4.55. The third-order valence-corrected chi connectivity index (χ3v) is 10.5. The zero-order chi connectivity index (χ0) is 38.6. The third kappa shape index (κ3) is 9.60. The second kappa shape index (κ2) is 18.9. The molecule has 2 aliphatic heterocycles. The summed E-state index contributed by atoms with van der Waals surface area (Å²) in [7, 11) is -5.54. The maximum Gasteiger partial charge on any atom is 2.00 e. The first kappa shape index (κ1) is 43.0. The normalized spacial score (nSPS) is 14.2. The zero-order valence-corrected chi connectivity index (χ0v) is 31.7. The molecule has 0 unspecified atom stereocenters. The number of likely N-dealkylation sites (N-methyl/N-ethyl adjacent to an activating group) is 2. The van der Waals surface area contributed by atoms with Crippen molar-refractivity contribution in [2.45, 2.75) is 23.6 Å². The average molecular weight is 844 g/mol. The molecule has 0 atom stereocenters. The van der Waals surface area contributed by atoms with Crippen molar-refractivity contribution in [2.24, 2.45) is 0 Å². The molecule has 4 heterocycles. The Kier molecular flexibility index (Phi) is 15.4. The van der Waals surface area contributed by atoms with Crippen molar-refractivity contribution in [2.75, 3.05) is 24.7 Å². The molecule has 2 amide bonds. The number of pyridine rings is 2. The van der Waals surface area contributed by atoms with Crippen LogP contribution in [-0.4, -0.2) is 61.3 Å². The van der Waals surface area contributed by atoms with Crippen molar-refractivity contribution in [1.82, 2.24) is 18.6 Å². The fourth-order valence-corrected chi connectivity index (χ4v) is 7.33. The summed E-state index contributed by atoms with van der Waals surface area (Å²) >= 11 is 0. The number of rotatable bonds is 4. The van der Waals surface area contributed by atoms with Crippen LogP contribution in [0.15, 0.2) is 119 Å². The van der Waals surface area contributed by atoms with Crippen LogP contribution in [0.5, 0.6) is 0 Å². The van der Waals surface area contributed by atoms with Crippen molar-refractivity contribution in [3.8, 4) is 12.1 Å². The van der Waals surface area contributed by atoms with E-state index in [2.05, 4.69) is 20.6 Å². The number of sulfonamides is 2. The summed E-state index contributed by atoms with van der Waals surface area (Å²) in [6, 6.07) is 24.8. The molecule has 6 rings (SSSR count). The number of carbonyl (C=O) groups is 2. The number of nitrogens with one attached hydrogen (secondary N) is 2. The Balaban J connectivity index is 0.000000314. The van der Waals surface area contributed by atoms with Gasteiger partial charge in [0.1, 0.15) is 23.0 Å². The van der Waals surface area contributed by atoms with Gasteiger partial charge in [-0.15, -0.1) is 0 Å². The molecule has 2 N–H and O–H groups in total. The quantitative estimate of drug-likeness (QED) is 0.279. The van der Waals surface area contributed by atoms with Crippen molar-refractivity contribution in [3.05, 3.63) is 120 Å². The molecule has 0 aliphatic carbocycles. The summed E-state index contributed by atoms with van der Waals surface area (Å²) in [5.74, 6) is -2.49.